The maximum atomic E-state index is 12.9. The van der Waals surface area contributed by atoms with E-state index in [1.54, 1.807) is 12.1 Å². The standard InChI is InChI=1S/C15H21FN2O/c1-2-18(14-5-3-4-12(14)10-17)15(19)11-6-8-13(16)9-7-11/h6-9,12,14H,2-5,10,17H2,1H3. The van der Waals surface area contributed by atoms with E-state index in [1.807, 2.05) is 11.8 Å². The lowest BCUT2D eigenvalue weighted by Gasteiger charge is -2.32. The summed E-state index contributed by atoms with van der Waals surface area (Å²) in [5.74, 6) is 0.0532. The fourth-order valence-corrected chi connectivity index (χ4v) is 2.99. The maximum Gasteiger partial charge on any atom is 0.254 e. The van der Waals surface area contributed by atoms with Gasteiger partial charge in [-0.15, -0.1) is 0 Å². The van der Waals surface area contributed by atoms with Crippen LogP contribution >= 0.6 is 0 Å². The highest BCUT2D eigenvalue weighted by atomic mass is 19.1. The van der Waals surface area contributed by atoms with E-state index in [4.69, 9.17) is 5.73 Å². The Bertz CT molecular complexity index is 432. The van der Waals surface area contributed by atoms with Gasteiger partial charge in [0.2, 0.25) is 0 Å². The van der Waals surface area contributed by atoms with Crippen LogP contribution in [0.1, 0.15) is 36.5 Å². The summed E-state index contributed by atoms with van der Waals surface area (Å²) in [7, 11) is 0. The first-order valence-corrected chi connectivity index (χ1v) is 6.94. The molecule has 1 aliphatic carbocycles. The number of rotatable bonds is 4. The first-order chi connectivity index (χ1) is 9.17. The molecule has 1 saturated carbocycles. The van der Waals surface area contributed by atoms with Crippen molar-refractivity contribution in [2.45, 2.75) is 32.2 Å². The SMILES string of the molecule is CCN(C(=O)c1ccc(F)cc1)C1CCCC1CN. The van der Waals surface area contributed by atoms with Crippen LogP contribution in [0.2, 0.25) is 0 Å². The molecule has 2 atom stereocenters. The zero-order valence-corrected chi connectivity index (χ0v) is 11.3. The zero-order chi connectivity index (χ0) is 13.8. The molecule has 1 aromatic rings. The third kappa shape index (κ3) is 2.95. The third-order valence-electron chi connectivity index (χ3n) is 4.01. The molecule has 1 amide bonds. The second-order valence-electron chi connectivity index (χ2n) is 5.09. The van der Waals surface area contributed by atoms with Crippen molar-refractivity contribution < 1.29 is 9.18 Å². The largest absolute Gasteiger partial charge is 0.336 e. The van der Waals surface area contributed by atoms with E-state index in [2.05, 4.69) is 0 Å². The molecular formula is C15H21FN2O. The Morgan fingerprint density at radius 1 is 1.37 bits per heavy atom. The second-order valence-corrected chi connectivity index (χ2v) is 5.09. The van der Waals surface area contributed by atoms with Crippen molar-refractivity contribution >= 4 is 5.91 Å². The van der Waals surface area contributed by atoms with Crippen LogP contribution in [0, 0.1) is 11.7 Å². The summed E-state index contributed by atoms with van der Waals surface area (Å²) < 4.78 is 12.9. The lowest BCUT2D eigenvalue weighted by atomic mass is 10.0. The average molecular weight is 264 g/mol. The lowest BCUT2D eigenvalue weighted by Crippen LogP contribution is -2.44. The summed E-state index contributed by atoms with van der Waals surface area (Å²) in [5.41, 5.74) is 6.33. The maximum absolute atomic E-state index is 12.9. The number of nitrogens with zero attached hydrogens (tertiary/aromatic N) is 1. The van der Waals surface area contributed by atoms with Gasteiger partial charge in [-0.1, -0.05) is 6.42 Å². The minimum absolute atomic E-state index is 0.0205. The minimum Gasteiger partial charge on any atom is -0.336 e. The van der Waals surface area contributed by atoms with Crippen LogP contribution in [0.3, 0.4) is 0 Å². The van der Waals surface area contributed by atoms with E-state index in [9.17, 15) is 9.18 Å². The van der Waals surface area contributed by atoms with Crippen LogP contribution in [0.25, 0.3) is 0 Å². The van der Waals surface area contributed by atoms with Crippen molar-refractivity contribution in [3.05, 3.63) is 35.6 Å². The summed E-state index contributed by atoms with van der Waals surface area (Å²) in [4.78, 5) is 14.4. The van der Waals surface area contributed by atoms with Gasteiger partial charge in [-0.25, -0.2) is 4.39 Å². The fourth-order valence-electron chi connectivity index (χ4n) is 2.99. The summed E-state index contributed by atoms with van der Waals surface area (Å²) in [5, 5.41) is 0. The van der Waals surface area contributed by atoms with Crippen molar-refractivity contribution in [2.75, 3.05) is 13.1 Å². The number of benzene rings is 1. The molecule has 2 N–H and O–H groups in total. The van der Waals surface area contributed by atoms with E-state index >= 15 is 0 Å². The predicted octanol–water partition coefficient (Wildman–Crippen LogP) is 2.42. The van der Waals surface area contributed by atoms with E-state index in [-0.39, 0.29) is 17.8 Å². The molecule has 0 saturated heterocycles. The monoisotopic (exact) mass is 264 g/mol. The highest BCUT2D eigenvalue weighted by Gasteiger charge is 2.33. The smallest absolute Gasteiger partial charge is 0.254 e. The van der Waals surface area contributed by atoms with Crippen molar-refractivity contribution in [1.82, 2.24) is 4.90 Å². The van der Waals surface area contributed by atoms with Gasteiger partial charge in [-0.2, -0.15) is 0 Å². The molecule has 104 valence electrons. The Balaban J connectivity index is 2.17. The number of carbonyl (C=O) groups is 1. The van der Waals surface area contributed by atoms with Crippen LogP contribution < -0.4 is 5.73 Å². The minimum atomic E-state index is -0.319. The topological polar surface area (TPSA) is 46.3 Å². The van der Waals surface area contributed by atoms with Crippen molar-refractivity contribution in [1.29, 1.82) is 0 Å². The highest BCUT2D eigenvalue weighted by molar-refractivity contribution is 5.94. The van der Waals surface area contributed by atoms with Gasteiger partial charge >= 0.3 is 0 Å². The van der Waals surface area contributed by atoms with Gasteiger partial charge < -0.3 is 10.6 Å². The van der Waals surface area contributed by atoms with Crippen LogP contribution in [0.5, 0.6) is 0 Å². The Morgan fingerprint density at radius 3 is 2.63 bits per heavy atom. The number of hydrogen-bond donors (Lipinski definition) is 1. The lowest BCUT2D eigenvalue weighted by molar-refractivity contribution is 0.0652. The molecule has 1 fully saturated rings. The molecule has 0 bridgehead atoms. The number of hydrogen-bond acceptors (Lipinski definition) is 2. The quantitative estimate of drug-likeness (QED) is 0.907. The number of nitrogens with two attached hydrogens (primary N) is 1. The number of amides is 1. The van der Waals surface area contributed by atoms with Crippen molar-refractivity contribution in [3.8, 4) is 0 Å². The molecule has 0 heterocycles. The van der Waals surface area contributed by atoms with Gasteiger partial charge in [0, 0.05) is 18.2 Å². The normalized spacial score (nSPS) is 22.5. The Labute approximate surface area is 113 Å². The highest BCUT2D eigenvalue weighted by Crippen LogP contribution is 2.30. The number of carbonyl (C=O) groups excluding carboxylic acids is 1. The molecule has 3 nitrogen and oxygen atoms in total. The van der Waals surface area contributed by atoms with E-state index in [0.29, 0.717) is 24.6 Å². The van der Waals surface area contributed by atoms with E-state index < -0.39 is 0 Å². The molecule has 0 radical (unpaired) electrons. The Hall–Kier alpha value is -1.42. The van der Waals surface area contributed by atoms with Gasteiger partial charge in [0.25, 0.3) is 5.91 Å². The van der Waals surface area contributed by atoms with E-state index in [0.717, 1.165) is 19.3 Å². The van der Waals surface area contributed by atoms with Gasteiger partial charge in [-0.05, 0) is 56.5 Å². The van der Waals surface area contributed by atoms with Gasteiger partial charge in [-0.3, -0.25) is 4.79 Å². The molecule has 0 spiro atoms. The molecule has 1 aromatic carbocycles. The summed E-state index contributed by atoms with van der Waals surface area (Å²) in [6, 6.07) is 5.98. The fraction of sp³-hybridized carbons (Fsp3) is 0.533. The van der Waals surface area contributed by atoms with Crippen LogP contribution in [0.15, 0.2) is 24.3 Å². The van der Waals surface area contributed by atoms with Crippen LogP contribution in [-0.2, 0) is 0 Å². The summed E-state index contributed by atoms with van der Waals surface area (Å²) in [6.07, 6.45) is 3.23. The first kappa shape index (κ1) is 14.0. The average Bonchev–Trinajstić information content (AvgIpc) is 2.88. The Kier molecular flexibility index (Phi) is 4.53. The van der Waals surface area contributed by atoms with Gasteiger partial charge in [0.05, 0.1) is 0 Å². The molecule has 0 aromatic heterocycles. The van der Waals surface area contributed by atoms with Crippen molar-refractivity contribution in [3.63, 3.8) is 0 Å². The van der Waals surface area contributed by atoms with Crippen LogP contribution in [-0.4, -0.2) is 29.9 Å². The predicted molar refractivity (Wildman–Crippen MR) is 73.3 cm³/mol. The molecule has 2 unspecified atom stereocenters. The van der Waals surface area contributed by atoms with Crippen LogP contribution in [0.4, 0.5) is 4.39 Å². The molecular weight excluding hydrogens is 243 g/mol. The number of halogens is 1. The molecule has 0 aliphatic heterocycles. The first-order valence-electron chi connectivity index (χ1n) is 6.94. The molecule has 1 aliphatic rings. The van der Waals surface area contributed by atoms with Gasteiger partial charge in [0.1, 0.15) is 5.82 Å². The van der Waals surface area contributed by atoms with E-state index in [1.165, 1.54) is 12.1 Å². The Morgan fingerprint density at radius 2 is 2.05 bits per heavy atom. The molecule has 2 rings (SSSR count). The molecule has 4 heteroatoms. The summed E-state index contributed by atoms with van der Waals surface area (Å²) in [6.45, 7) is 3.27. The zero-order valence-electron chi connectivity index (χ0n) is 11.3. The van der Waals surface area contributed by atoms with Crippen molar-refractivity contribution in [2.24, 2.45) is 11.7 Å². The molecule has 19 heavy (non-hydrogen) atoms. The third-order valence-corrected chi connectivity index (χ3v) is 4.01. The second kappa shape index (κ2) is 6.15. The van der Waals surface area contributed by atoms with Gasteiger partial charge in [0.15, 0.2) is 0 Å². The summed E-state index contributed by atoms with van der Waals surface area (Å²) >= 11 is 0.